The Morgan fingerprint density at radius 2 is 1.76 bits per heavy atom. The van der Waals surface area contributed by atoms with Crippen LogP contribution in [-0.4, -0.2) is 31.8 Å². The summed E-state index contributed by atoms with van der Waals surface area (Å²) in [4.78, 5) is 4.43. The second-order valence-corrected chi connectivity index (χ2v) is 8.04. The predicted octanol–water partition coefficient (Wildman–Crippen LogP) is 2.93. The lowest BCUT2D eigenvalue weighted by Crippen LogP contribution is -2.22. The normalized spacial score (nSPS) is 11.8. The number of benzene rings is 1. The van der Waals surface area contributed by atoms with Crippen LogP contribution in [-0.2, 0) is 15.8 Å². The van der Waals surface area contributed by atoms with Gasteiger partial charge < -0.3 is 0 Å². The molecule has 0 radical (unpaired) electrons. The molecule has 0 saturated heterocycles. The van der Waals surface area contributed by atoms with E-state index in [-0.39, 0.29) is 4.90 Å². The van der Waals surface area contributed by atoms with Crippen molar-refractivity contribution < 1.29 is 8.42 Å². The summed E-state index contributed by atoms with van der Waals surface area (Å²) < 4.78 is 25.1. The molecule has 112 valence electrons. The predicted molar refractivity (Wildman–Crippen MR) is 85.8 cm³/mol. The van der Waals surface area contributed by atoms with E-state index in [0.717, 1.165) is 10.8 Å². The first kappa shape index (κ1) is 16.0. The average molecular weight is 322 g/mol. The van der Waals surface area contributed by atoms with Gasteiger partial charge in [0.25, 0.3) is 0 Å². The summed E-state index contributed by atoms with van der Waals surface area (Å²) in [6.07, 6.45) is 1.41. The van der Waals surface area contributed by atoms with E-state index >= 15 is 0 Å². The quantitative estimate of drug-likeness (QED) is 0.794. The van der Waals surface area contributed by atoms with Crippen LogP contribution in [0.1, 0.15) is 11.1 Å². The van der Waals surface area contributed by atoms with Gasteiger partial charge in [-0.1, -0.05) is 29.8 Å². The Labute approximate surface area is 130 Å². The molecule has 0 atom stereocenters. The summed E-state index contributed by atoms with van der Waals surface area (Å²) in [5, 5.41) is 0.813. The van der Waals surface area contributed by atoms with E-state index in [2.05, 4.69) is 36.2 Å². The Bertz CT molecular complexity index is 693. The first-order chi connectivity index (χ1) is 9.89. The molecule has 21 heavy (non-hydrogen) atoms. The van der Waals surface area contributed by atoms with Crippen molar-refractivity contribution in [2.75, 3.05) is 14.1 Å². The van der Waals surface area contributed by atoms with Crippen LogP contribution >= 0.6 is 11.8 Å². The molecule has 0 aliphatic carbocycles. The summed E-state index contributed by atoms with van der Waals surface area (Å²) in [7, 11) is -0.385. The van der Waals surface area contributed by atoms with E-state index in [4.69, 9.17) is 0 Å². The van der Waals surface area contributed by atoms with E-state index in [1.165, 1.54) is 35.7 Å². The Kier molecular flexibility index (Phi) is 5.03. The number of hydrogen-bond acceptors (Lipinski definition) is 4. The van der Waals surface area contributed by atoms with Crippen molar-refractivity contribution in [2.24, 2.45) is 0 Å². The van der Waals surface area contributed by atoms with Crippen molar-refractivity contribution in [3.8, 4) is 0 Å². The van der Waals surface area contributed by atoms with Crippen LogP contribution in [0.5, 0.6) is 0 Å². The molecule has 1 aromatic carbocycles. The van der Waals surface area contributed by atoms with Crippen molar-refractivity contribution in [3.05, 3.63) is 53.7 Å². The monoisotopic (exact) mass is 322 g/mol. The Morgan fingerprint density at radius 3 is 2.29 bits per heavy atom. The van der Waals surface area contributed by atoms with Gasteiger partial charge in [-0.25, -0.2) is 17.7 Å². The van der Waals surface area contributed by atoms with Gasteiger partial charge in [0.2, 0.25) is 10.0 Å². The van der Waals surface area contributed by atoms with Crippen molar-refractivity contribution in [1.29, 1.82) is 0 Å². The second-order valence-electron chi connectivity index (χ2n) is 4.89. The molecule has 0 N–H and O–H groups in total. The van der Waals surface area contributed by atoms with Gasteiger partial charge in [0, 0.05) is 26.0 Å². The zero-order valence-corrected chi connectivity index (χ0v) is 13.9. The van der Waals surface area contributed by atoms with Gasteiger partial charge in [-0.05, 0) is 24.6 Å². The molecule has 6 heteroatoms. The van der Waals surface area contributed by atoms with Crippen molar-refractivity contribution in [2.45, 2.75) is 22.6 Å². The van der Waals surface area contributed by atoms with Crippen LogP contribution in [0.25, 0.3) is 0 Å². The third-order valence-electron chi connectivity index (χ3n) is 3.00. The number of aromatic nitrogens is 1. The summed E-state index contributed by atoms with van der Waals surface area (Å²) >= 11 is 1.59. The largest absolute Gasteiger partial charge is 0.249 e. The lowest BCUT2D eigenvalue weighted by Gasteiger charge is -2.11. The highest BCUT2D eigenvalue weighted by atomic mass is 32.2. The van der Waals surface area contributed by atoms with Gasteiger partial charge in [0.15, 0.2) is 0 Å². The minimum absolute atomic E-state index is 0.215. The number of rotatable bonds is 5. The van der Waals surface area contributed by atoms with Gasteiger partial charge in [-0.15, -0.1) is 11.8 Å². The fraction of sp³-hybridized carbons (Fsp3) is 0.267. The molecule has 1 aromatic heterocycles. The fourth-order valence-electron chi connectivity index (χ4n) is 1.66. The summed E-state index contributed by atoms with van der Waals surface area (Å²) in [5.41, 5.74) is 2.46. The second kappa shape index (κ2) is 6.60. The van der Waals surface area contributed by atoms with Gasteiger partial charge in [0.05, 0.1) is 5.03 Å². The summed E-state index contributed by atoms with van der Waals surface area (Å²) in [6, 6.07) is 11.7. The zero-order valence-electron chi connectivity index (χ0n) is 12.3. The molecule has 1 heterocycles. The number of pyridine rings is 1. The Morgan fingerprint density at radius 1 is 1.10 bits per heavy atom. The highest BCUT2D eigenvalue weighted by Crippen LogP contribution is 2.22. The van der Waals surface area contributed by atoms with Crippen LogP contribution in [0.3, 0.4) is 0 Å². The van der Waals surface area contributed by atoms with E-state index in [1.54, 1.807) is 23.9 Å². The van der Waals surface area contributed by atoms with E-state index in [0.29, 0.717) is 0 Å². The number of sulfonamides is 1. The zero-order chi connectivity index (χ0) is 15.5. The smallest absolute Gasteiger partial charge is 0.244 e. The molecule has 0 bridgehead atoms. The molecule has 0 aliphatic heterocycles. The standard InChI is InChI=1S/C15H18N2O2S2/c1-12-4-6-13(7-5-12)11-20-15-9-8-14(10-16-15)21(18,19)17(2)3/h4-10H,11H2,1-3H3. The topological polar surface area (TPSA) is 50.3 Å². The third-order valence-corrected chi connectivity index (χ3v) is 5.81. The van der Waals surface area contributed by atoms with Crippen molar-refractivity contribution in [1.82, 2.24) is 9.29 Å². The minimum Gasteiger partial charge on any atom is -0.249 e. The molecule has 0 fully saturated rings. The van der Waals surface area contributed by atoms with Crippen LogP contribution in [0, 0.1) is 6.92 Å². The van der Waals surface area contributed by atoms with E-state index in [9.17, 15) is 8.42 Å². The highest BCUT2D eigenvalue weighted by molar-refractivity contribution is 7.98. The molecule has 2 aromatic rings. The molecular weight excluding hydrogens is 304 g/mol. The number of hydrogen-bond donors (Lipinski definition) is 0. The maximum absolute atomic E-state index is 11.9. The van der Waals surface area contributed by atoms with Gasteiger partial charge >= 0.3 is 0 Å². The van der Waals surface area contributed by atoms with Gasteiger partial charge in [0.1, 0.15) is 4.90 Å². The molecule has 4 nitrogen and oxygen atoms in total. The molecule has 0 aliphatic rings. The van der Waals surface area contributed by atoms with Gasteiger partial charge in [-0.3, -0.25) is 0 Å². The molecule has 2 rings (SSSR count). The van der Waals surface area contributed by atoms with Gasteiger partial charge in [-0.2, -0.15) is 0 Å². The number of thioether (sulfide) groups is 1. The lowest BCUT2D eigenvalue weighted by molar-refractivity contribution is 0.520. The fourth-order valence-corrected chi connectivity index (χ4v) is 3.30. The SMILES string of the molecule is Cc1ccc(CSc2ccc(S(=O)(=O)N(C)C)cn2)cc1. The van der Waals surface area contributed by atoms with Crippen LogP contribution in [0.2, 0.25) is 0 Å². The Balaban J connectivity index is 2.05. The van der Waals surface area contributed by atoms with Crippen LogP contribution < -0.4 is 0 Å². The highest BCUT2D eigenvalue weighted by Gasteiger charge is 2.17. The van der Waals surface area contributed by atoms with Crippen molar-refractivity contribution >= 4 is 21.8 Å². The van der Waals surface area contributed by atoms with E-state index < -0.39 is 10.0 Å². The summed E-state index contributed by atoms with van der Waals surface area (Å²) in [5.74, 6) is 0.813. The molecule has 0 spiro atoms. The number of aryl methyl sites for hydroxylation is 1. The third kappa shape index (κ3) is 4.06. The minimum atomic E-state index is -3.40. The van der Waals surface area contributed by atoms with Crippen LogP contribution in [0.15, 0.2) is 52.5 Å². The molecule has 0 amide bonds. The van der Waals surface area contributed by atoms with Crippen LogP contribution in [0.4, 0.5) is 0 Å². The molecule has 0 saturated carbocycles. The average Bonchev–Trinajstić information content (AvgIpc) is 2.47. The first-order valence-corrected chi connectivity index (χ1v) is 8.89. The number of nitrogens with zero attached hydrogens (tertiary/aromatic N) is 2. The maximum atomic E-state index is 11.9. The molecular formula is C15H18N2O2S2. The maximum Gasteiger partial charge on any atom is 0.244 e. The molecule has 0 unspecified atom stereocenters. The lowest BCUT2D eigenvalue weighted by atomic mass is 10.2. The van der Waals surface area contributed by atoms with E-state index in [1.807, 2.05) is 0 Å². The summed E-state index contributed by atoms with van der Waals surface area (Å²) in [6.45, 7) is 2.06. The Hall–Kier alpha value is -1.37. The van der Waals surface area contributed by atoms with Crippen molar-refractivity contribution in [3.63, 3.8) is 0 Å². The first-order valence-electron chi connectivity index (χ1n) is 6.46.